The van der Waals surface area contributed by atoms with Crippen molar-refractivity contribution in [1.82, 2.24) is 9.97 Å². The molecule has 0 saturated carbocycles. The van der Waals surface area contributed by atoms with Crippen molar-refractivity contribution in [3.63, 3.8) is 0 Å². The summed E-state index contributed by atoms with van der Waals surface area (Å²) in [4.78, 5) is 10.9. The molecule has 0 saturated heterocycles. The van der Waals surface area contributed by atoms with Crippen molar-refractivity contribution in [1.29, 1.82) is 0 Å². The monoisotopic (exact) mass is 568 g/mol. The lowest BCUT2D eigenvalue weighted by molar-refractivity contribution is 1.13. The van der Waals surface area contributed by atoms with Crippen molar-refractivity contribution in [2.24, 2.45) is 0 Å². The van der Waals surface area contributed by atoms with Gasteiger partial charge in [-0.25, -0.2) is 9.97 Å². The molecule has 2 aromatic heterocycles. The summed E-state index contributed by atoms with van der Waals surface area (Å²) in [5.74, 6) is 0. The van der Waals surface area contributed by atoms with Gasteiger partial charge in [0.1, 0.15) is 0 Å². The van der Waals surface area contributed by atoms with E-state index in [-0.39, 0.29) is 0 Å². The highest BCUT2D eigenvalue weighted by molar-refractivity contribution is 6.13. The minimum absolute atomic E-state index is 0.934. The molecule has 0 atom stereocenters. The number of aryl methyl sites for hydroxylation is 4. The van der Waals surface area contributed by atoms with Gasteiger partial charge in [-0.2, -0.15) is 0 Å². The van der Waals surface area contributed by atoms with Gasteiger partial charge in [-0.3, -0.25) is 0 Å². The van der Waals surface area contributed by atoms with Crippen molar-refractivity contribution in [3.8, 4) is 44.8 Å². The van der Waals surface area contributed by atoms with E-state index >= 15 is 0 Å². The third-order valence-electron chi connectivity index (χ3n) is 8.90. The summed E-state index contributed by atoms with van der Waals surface area (Å²) in [7, 11) is 0. The van der Waals surface area contributed by atoms with E-state index in [1.54, 1.807) is 0 Å². The molecule has 7 aromatic rings. The Morgan fingerprint density at radius 1 is 0.432 bits per heavy atom. The fourth-order valence-corrected chi connectivity index (χ4v) is 6.29. The van der Waals surface area contributed by atoms with Crippen LogP contribution in [0.2, 0.25) is 0 Å². The van der Waals surface area contributed by atoms with Crippen LogP contribution in [-0.2, 0) is 12.8 Å². The van der Waals surface area contributed by atoms with Crippen molar-refractivity contribution < 1.29 is 0 Å². The summed E-state index contributed by atoms with van der Waals surface area (Å²) >= 11 is 0. The fourth-order valence-electron chi connectivity index (χ4n) is 6.29. The molecule has 0 unspecified atom stereocenters. The third kappa shape index (κ3) is 4.97. The second-order valence-corrected chi connectivity index (χ2v) is 11.7. The van der Waals surface area contributed by atoms with Crippen molar-refractivity contribution >= 4 is 21.8 Å². The number of hydrogen-bond acceptors (Lipinski definition) is 2. The first-order chi connectivity index (χ1) is 21.5. The van der Waals surface area contributed by atoms with E-state index in [2.05, 4.69) is 149 Å². The van der Waals surface area contributed by atoms with Crippen LogP contribution >= 0.6 is 0 Å². The van der Waals surface area contributed by atoms with E-state index in [0.29, 0.717) is 0 Å². The van der Waals surface area contributed by atoms with Gasteiger partial charge in [0.25, 0.3) is 0 Å². The molecule has 0 aliphatic rings. The Morgan fingerprint density at radius 3 is 1.23 bits per heavy atom. The summed E-state index contributed by atoms with van der Waals surface area (Å²) in [6, 6.07) is 43.9. The summed E-state index contributed by atoms with van der Waals surface area (Å²) in [5.41, 5.74) is 15.9. The maximum absolute atomic E-state index is 5.46. The zero-order valence-electron chi connectivity index (χ0n) is 25.9. The zero-order chi connectivity index (χ0) is 30.2. The molecule has 2 heterocycles. The van der Waals surface area contributed by atoms with Crippen molar-refractivity contribution in [3.05, 3.63) is 144 Å². The maximum atomic E-state index is 5.46. The first-order valence-corrected chi connectivity index (χ1v) is 15.6. The molecule has 0 amide bonds. The van der Waals surface area contributed by atoms with Crippen LogP contribution in [0.1, 0.15) is 36.1 Å². The van der Waals surface area contributed by atoms with Gasteiger partial charge < -0.3 is 0 Å². The molecule has 214 valence electrons. The highest BCUT2D eigenvalue weighted by atomic mass is 14.8. The molecule has 0 fully saturated rings. The van der Waals surface area contributed by atoms with Gasteiger partial charge in [-0.15, -0.1) is 0 Å². The minimum atomic E-state index is 0.934. The van der Waals surface area contributed by atoms with Crippen LogP contribution in [0.15, 0.2) is 121 Å². The van der Waals surface area contributed by atoms with Crippen molar-refractivity contribution in [2.45, 2.75) is 40.5 Å². The lowest BCUT2D eigenvalue weighted by Crippen LogP contribution is -1.97. The Bertz CT molecular complexity index is 1990. The second-order valence-electron chi connectivity index (χ2n) is 11.7. The van der Waals surface area contributed by atoms with Gasteiger partial charge in [0.15, 0.2) is 0 Å². The Morgan fingerprint density at radius 2 is 0.841 bits per heavy atom. The number of pyridine rings is 2. The minimum Gasteiger partial charge on any atom is -0.245 e. The summed E-state index contributed by atoms with van der Waals surface area (Å²) in [6.45, 7) is 8.77. The standard InChI is InChI=1S/C42H36N2/c1-5-29-19-17-27(3)35(23-29)39-25-37(31-13-9-7-10-14-31)33-21-22-34-38(32-15-11-8-12-16-32)26-40(44-42(34)41(33)43-39)36-24-30(6-2)20-18-28(36)4/h7-26H,5-6H2,1-4H3. The molecule has 0 radical (unpaired) electrons. The molecule has 7 rings (SSSR count). The lowest BCUT2D eigenvalue weighted by atomic mass is 9.92. The number of nitrogens with zero attached hydrogens (tertiary/aromatic N) is 2. The van der Waals surface area contributed by atoms with E-state index in [9.17, 15) is 0 Å². The number of aromatic nitrogens is 2. The van der Waals surface area contributed by atoms with E-state index in [1.807, 2.05) is 0 Å². The van der Waals surface area contributed by atoms with Crippen LogP contribution in [0.4, 0.5) is 0 Å². The fraction of sp³-hybridized carbons (Fsp3) is 0.143. The van der Waals surface area contributed by atoms with E-state index in [4.69, 9.17) is 9.97 Å². The van der Waals surface area contributed by atoms with Crippen LogP contribution < -0.4 is 0 Å². The van der Waals surface area contributed by atoms with Crippen LogP contribution in [-0.4, -0.2) is 9.97 Å². The van der Waals surface area contributed by atoms with E-state index in [0.717, 1.165) is 46.0 Å². The Labute approximate surface area is 260 Å². The van der Waals surface area contributed by atoms with E-state index < -0.39 is 0 Å². The lowest BCUT2D eigenvalue weighted by Gasteiger charge is -2.17. The first-order valence-electron chi connectivity index (χ1n) is 15.6. The molecular formula is C42H36N2. The molecule has 0 spiro atoms. The highest BCUT2D eigenvalue weighted by Gasteiger charge is 2.18. The molecule has 0 bridgehead atoms. The molecule has 0 N–H and O–H groups in total. The molecule has 0 aliphatic heterocycles. The third-order valence-corrected chi connectivity index (χ3v) is 8.90. The van der Waals surface area contributed by atoms with E-state index in [1.165, 1.54) is 55.6 Å². The normalized spacial score (nSPS) is 11.4. The molecule has 2 heteroatoms. The van der Waals surface area contributed by atoms with Crippen LogP contribution in [0, 0.1) is 13.8 Å². The number of fused-ring (bicyclic) bond motifs is 3. The topological polar surface area (TPSA) is 25.8 Å². The molecular weight excluding hydrogens is 532 g/mol. The Hall–Kier alpha value is -5.08. The van der Waals surface area contributed by atoms with Crippen LogP contribution in [0.5, 0.6) is 0 Å². The predicted molar refractivity (Wildman–Crippen MR) is 187 cm³/mol. The average Bonchev–Trinajstić information content (AvgIpc) is 3.08. The maximum Gasteiger partial charge on any atom is 0.0978 e. The van der Waals surface area contributed by atoms with Gasteiger partial charge >= 0.3 is 0 Å². The summed E-state index contributed by atoms with van der Waals surface area (Å²) in [6.07, 6.45) is 1.97. The van der Waals surface area contributed by atoms with Crippen LogP contribution in [0.25, 0.3) is 66.6 Å². The van der Waals surface area contributed by atoms with Gasteiger partial charge in [0.05, 0.1) is 22.4 Å². The largest absolute Gasteiger partial charge is 0.245 e. The van der Waals surface area contributed by atoms with Gasteiger partial charge in [-0.05, 0) is 95.5 Å². The zero-order valence-corrected chi connectivity index (χ0v) is 25.9. The number of hydrogen-bond donors (Lipinski definition) is 0. The Balaban J connectivity index is 1.62. The number of rotatable bonds is 6. The molecule has 2 nitrogen and oxygen atoms in total. The van der Waals surface area contributed by atoms with Gasteiger partial charge in [-0.1, -0.05) is 111 Å². The SMILES string of the molecule is CCc1ccc(C)c(-c2cc(-c3ccccc3)c3ccc4c(-c5ccccc5)cc(-c5cc(CC)ccc5C)nc4c3n2)c1. The molecule has 0 aliphatic carbocycles. The summed E-state index contributed by atoms with van der Waals surface area (Å²) < 4.78 is 0. The Kier molecular flexibility index (Phi) is 7.28. The smallest absolute Gasteiger partial charge is 0.0978 e. The number of benzene rings is 5. The average molecular weight is 569 g/mol. The van der Waals surface area contributed by atoms with Crippen molar-refractivity contribution in [2.75, 3.05) is 0 Å². The van der Waals surface area contributed by atoms with Crippen LogP contribution in [0.3, 0.4) is 0 Å². The summed E-state index contributed by atoms with van der Waals surface area (Å²) in [5, 5.41) is 2.22. The predicted octanol–water partition coefficient (Wildman–Crippen LogP) is 11.2. The molecule has 44 heavy (non-hydrogen) atoms. The van der Waals surface area contributed by atoms with Gasteiger partial charge in [0.2, 0.25) is 0 Å². The quantitative estimate of drug-likeness (QED) is 0.186. The highest BCUT2D eigenvalue weighted by Crippen LogP contribution is 2.40. The molecule has 5 aromatic carbocycles. The van der Waals surface area contributed by atoms with Gasteiger partial charge in [0, 0.05) is 21.9 Å². The second kappa shape index (κ2) is 11.5. The first kappa shape index (κ1) is 27.7.